The number of hydrogen-bond acceptors (Lipinski definition) is 3. The summed E-state index contributed by atoms with van der Waals surface area (Å²) >= 11 is 0. The largest absolute Gasteiger partial charge is 0.432 e. The Morgan fingerprint density at radius 2 is 1.87 bits per heavy atom. The molecule has 0 bridgehead atoms. The van der Waals surface area contributed by atoms with Gasteiger partial charge in [-0.1, -0.05) is 13.8 Å². The predicted molar refractivity (Wildman–Crippen MR) is 67.7 cm³/mol. The lowest BCUT2D eigenvalue weighted by atomic mass is 10.1. The summed E-state index contributed by atoms with van der Waals surface area (Å²) in [5.41, 5.74) is 0. The number of likely N-dealkylation sites (N-methyl/N-ethyl adjacent to an activating group) is 1. The van der Waals surface area contributed by atoms with Crippen LogP contribution in [0.5, 0.6) is 0 Å². The topological polar surface area (TPSA) is 41.5 Å². The Bertz CT molecular complexity index is 166. The fourth-order valence-electron chi connectivity index (χ4n) is 1.20. The van der Waals surface area contributed by atoms with Crippen LogP contribution < -0.4 is 5.32 Å². The van der Waals surface area contributed by atoms with Crippen LogP contribution in [0, 0.1) is 0 Å². The van der Waals surface area contributed by atoms with Gasteiger partial charge in [-0.05, 0) is 38.0 Å². The molecule has 0 aliphatic carbocycles. The van der Waals surface area contributed by atoms with E-state index in [9.17, 15) is 4.80 Å². The van der Waals surface area contributed by atoms with Crippen LogP contribution in [-0.4, -0.2) is 39.9 Å². The molecule has 0 amide bonds. The molecule has 0 aliphatic rings. The van der Waals surface area contributed by atoms with Gasteiger partial charge in [-0.3, -0.25) is 0 Å². The number of rotatable bonds is 8. The average molecular weight is 233 g/mol. The minimum absolute atomic E-state index is 0.0827. The summed E-state index contributed by atoms with van der Waals surface area (Å²) in [6.07, 6.45) is 2.08. The Morgan fingerprint density at radius 3 is 2.33 bits per heavy atom. The Balaban J connectivity index is 3.58. The molecule has 4 heteroatoms. The summed E-state index contributed by atoms with van der Waals surface area (Å²) in [5.74, 6) is 0. The molecule has 92 valence electrons. The molecule has 2 N–H and O–H groups in total. The lowest BCUT2D eigenvalue weighted by molar-refractivity contribution is 0.130. The van der Waals surface area contributed by atoms with Crippen LogP contribution in [0.3, 0.4) is 0 Å². The van der Waals surface area contributed by atoms with E-state index in [1.54, 1.807) is 0 Å². The summed E-state index contributed by atoms with van der Waals surface area (Å²) < 4.78 is 5.45. The summed E-state index contributed by atoms with van der Waals surface area (Å²) in [6.45, 7) is 10.8. The summed E-state index contributed by atoms with van der Waals surface area (Å²) in [6, 6.07) is 0. The van der Waals surface area contributed by atoms with E-state index in [2.05, 4.69) is 19.2 Å². The molecule has 15 heavy (non-hydrogen) atoms. The van der Waals surface area contributed by atoms with Crippen LogP contribution in [0.15, 0.2) is 0 Å². The van der Waals surface area contributed by atoms with E-state index < -0.39 is 8.32 Å². The summed E-state index contributed by atoms with van der Waals surface area (Å²) in [5, 5.41) is 3.12. The maximum atomic E-state index is 10.1. The highest BCUT2D eigenvalue weighted by atomic mass is 28.4. The van der Waals surface area contributed by atoms with Crippen LogP contribution in [0.25, 0.3) is 0 Å². The van der Waals surface area contributed by atoms with Crippen molar-refractivity contribution < 1.29 is 9.53 Å². The first kappa shape index (κ1) is 15.1. The van der Waals surface area contributed by atoms with Gasteiger partial charge in [0.15, 0.2) is 8.32 Å². The molecule has 0 heterocycles. The predicted octanol–water partition coefficient (Wildman–Crippen LogP) is 1.98. The molecule has 0 aliphatic heterocycles. The van der Waals surface area contributed by atoms with Gasteiger partial charge in [-0.25, -0.2) is 0 Å². The first-order valence-electron chi connectivity index (χ1n) is 5.76. The van der Waals surface area contributed by atoms with E-state index in [-0.39, 0.29) is 5.04 Å². The standard InChI is InChI=1S/C11H27NO2Si/c1-11(2,15(4,5)13)7-6-9-14-10-8-12-3/h12-13H,6-10H2,1-5H3. The van der Waals surface area contributed by atoms with Crippen LogP contribution in [0.1, 0.15) is 26.7 Å². The van der Waals surface area contributed by atoms with Crippen molar-refractivity contribution in [3.63, 3.8) is 0 Å². The zero-order chi connectivity index (χ0) is 11.9. The quantitative estimate of drug-likeness (QED) is 0.497. The van der Waals surface area contributed by atoms with Crippen LogP contribution in [-0.2, 0) is 4.74 Å². The van der Waals surface area contributed by atoms with Gasteiger partial charge in [0.25, 0.3) is 0 Å². The molecule has 0 spiro atoms. The highest BCUT2D eigenvalue weighted by Gasteiger charge is 2.37. The molecule has 0 aromatic rings. The van der Waals surface area contributed by atoms with E-state index in [1.807, 2.05) is 20.1 Å². The fraction of sp³-hybridized carbons (Fsp3) is 1.00. The van der Waals surface area contributed by atoms with Crippen molar-refractivity contribution in [2.45, 2.75) is 44.8 Å². The van der Waals surface area contributed by atoms with E-state index in [0.717, 1.165) is 32.6 Å². The third kappa shape index (κ3) is 6.30. The van der Waals surface area contributed by atoms with Crippen LogP contribution >= 0.6 is 0 Å². The zero-order valence-electron chi connectivity index (χ0n) is 10.9. The van der Waals surface area contributed by atoms with Crippen molar-refractivity contribution in [2.24, 2.45) is 0 Å². The van der Waals surface area contributed by atoms with Gasteiger partial charge >= 0.3 is 0 Å². The van der Waals surface area contributed by atoms with Gasteiger partial charge in [0.1, 0.15) is 0 Å². The first-order chi connectivity index (χ1) is 6.81. The molecule has 0 unspecified atom stereocenters. The van der Waals surface area contributed by atoms with Crippen molar-refractivity contribution in [1.82, 2.24) is 5.32 Å². The van der Waals surface area contributed by atoms with Crippen LogP contribution in [0.4, 0.5) is 0 Å². The molecule has 0 aromatic carbocycles. The van der Waals surface area contributed by atoms with E-state index in [1.165, 1.54) is 0 Å². The first-order valence-corrected chi connectivity index (χ1v) is 8.71. The van der Waals surface area contributed by atoms with E-state index in [0.29, 0.717) is 0 Å². The molecule has 0 fully saturated rings. The molecule has 0 rings (SSSR count). The number of hydrogen-bond donors (Lipinski definition) is 2. The minimum atomic E-state index is -2.03. The van der Waals surface area contributed by atoms with E-state index in [4.69, 9.17) is 4.74 Å². The van der Waals surface area contributed by atoms with Gasteiger partial charge in [0.2, 0.25) is 0 Å². The molecular weight excluding hydrogens is 206 g/mol. The Labute approximate surface area is 95.4 Å². The zero-order valence-corrected chi connectivity index (χ0v) is 11.9. The van der Waals surface area contributed by atoms with Crippen molar-refractivity contribution in [2.75, 3.05) is 26.8 Å². The third-order valence-electron chi connectivity index (χ3n) is 3.24. The van der Waals surface area contributed by atoms with Crippen molar-refractivity contribution >= 4 is 8.32 Å². The van der Waals surface area contributed by atoms with Gasteiger partial charge < -0.3 is 14.8 Å². The Hall–Kier alpha value is 0.0969. The monoisotopic (exact) mass is 233 g/mol. The van der Waals surface area contributed by atoms with E-state index >= 15 is 0 Å². The molecule has 0 saturated carbocycles. The smallest absolute Gasteiger partial charge is 0.188 e. The van der Waals surface area contributed by atoms with Crippen molar-refractivity contribution in [3.8, 4) is 0 Å². The Kier molecular flexibility index (Phi) is 6.67. The number of nitrogens with one attached hydrogen (secondary N) is 1. The van der Waals surface area contributed by atoms with Gasteiger partial charge in [0.05, 0.1) is 6.61 Å². The molecule has 0 saturated heterocycles. The molecule has 0 aromatic heterocycles. The normalized spacial score (nSPS) is 13.2. The molecule has 3 nitrogen and oxygen atoms in total. The average Bonchev–Trinajstić information content (AvgIpc) is 2.09. The highest BCUT2D eigenvalue weighted by molar-refractivity contribution is 6.72. The maximum Gasteiger partial charge on any atom is 0.188 e. The molecule has 0 atom stereocenters. The minimum Gasteiger partial charge on any atom is -0.432 e. The highest BCUT2D eigenvalue weighted by Crippen LogP contribution is 2.39. The second-order valence-corrected chi connectivity index (χ2v) is 9.73. The van der Waals surface area contributed by atoms with Gasteiger partial charge in [-0.15, -0.1) is 0 Å². The second-order valence-electron chi connectivity index (χ2n) is 5.26. The van der Waals surface area contributed by atoms with Crippen molar-refractivity contribution in [1.29, 1.82) is 0 Å². The maximum absolute atomic E-state index is 10.1. The lowest BCUT2D eigenvalue weighted by Crippen LogP contribution is -2.39. The number of ether oxygens (including phenoxy) is 1. The molecular formula is C11H27NO2Si. The van der Waals surface area contributed by atoms with Gasteiger partial charge in [-0.2, -0.15) is 0 Å². The fourth-order valence-corrected chi connectivity index (χ4v) is 1.99. The van der Waals surface area contributed by atoms with Gasteiger partial charge in [0, 0.05) is 13.2 Å². The SMILES string of the molecule is CNCCOCCCC(C)(C)[Si](C)(C)O. The summed E-state index contributed by atoms with van der Waals surface area (Å²) in [7, 11) is -0.105. The second kappa shape index (κ2) is 6.63. The molecule has 0 radical (unpaired) electrons. The van der Waals surface area contributed by atoms with Crippen molar-refractivity contribution in [3.05, 3.63) is 0 Å². The Morgan fingerprint density at radius 1 is 1.27 bits per heavy atom. The summed E-state index contributed by atoms with van der Waals surface area (Å²) in [4.78, 5) is 10.1. The third-order valence-corrected chi connectivity index (χ3v) is 6.81. The van der Waals surface area contributed by atoms with Crippen LogP contribution in [0.2, 0.25) is 18.1 Å². The lowest BCUT2D eigenvalue weighted by Gasteiger charge is -2.35.